The summed E-state index contributed by atoms with van der Waals surface area (Å²) in [6, 6.07) is 5.17. The number of amides is 1. The molecule has 2 aromatic rings. The maximum Gasteiger partial charge on any atom is 0.410 e. The lowest BCUT2D eigenvalue weighted by Gasteiger charge is -2.37. The molecule has 168 valence electrons. The molecule has 0 aliphatic carbocycles. The molecule has 3 rings (SSSR count). The van der Waals surface area contributed by atoms with Gasteiger partial charge in [0.05, 0.1) is 31.4 Å². The monoisotopic (exact) mass is 542 g/mol. The van der Waals surface area contributed by atoms with E-state index in [0.29, 0.717) is 37.2 Å². The lowest BCUT2D eigenvalue weighted by atomic mass is 10.1. The van der Waals surface area contributed by atoms with E-state index in [-0.39, 0.29) is 23.6 Å². The second-order valence-electron chi connectivity index (χ2n) is 8.31. The quantitative estimate of drug-likeness (QED) is 0.435. The third kappa shape index (κ3) is 5.57. The smallest absolute Gasteiger partial charge is 0.410 e. The predicted octanol–water partition coefficient (Wildman–Crippen LogP) is 3.42. The molecule has 1 fully saturated rings. The topological polar surface area (TPSA) is 87.1 Å². The fourth-order valence-electron chi connectivity index (χ4n) is 3.47. The van der Waals surface area contributed by atoms with Gasteiger partial charge < -0.3 is 18.8 Å². The molecular weight excluding hydrogens is 515 g/mol. The van der Waals surface area contributed by atoms with Crippen LogP contribution in [0.25, 0.3) is 10.9 Å². The van der Waals surface area contributed by atoms with Gasteiger partial charge in [-0.3, -0.25) is 9.69 Å². The van der Waals surface area contributed by atoms with Crippen molar-refractivity contribution < 1.29 is 23.8 Å². The van der Waals surface area contributed by atoms with Gasteiger partial charge in [0.2, 0.25) is 5.43 Å². The number of benzene rings is 1. The van der Waals surface area contributed by atoms with Crippen LogP contribution in [0.4, 0.5) is 4.79 Å². The second-order valence-corrected chi connectivity index (χ2v) is 9.55. The third-order valence-corrected chi connectivity index (χ3v) is 5.47. The summed E-state index contributed by atoms with van der Waals surface area (Å²) in [7, 11) is 0. The predicted molar refractivity (Wildman–Crippen MR) is 124 cm³/mol. The summed E-state index contributed by atoms with van der Waals surface area (Å²) >= 11 is 2.13. The summed E-state index contributed by atoms with van der Waals surface area (Å²) in [5.74, 6) is -0.661. The molecule has 0 bridgehead atoms. The number of hydrogen-bond donors (Lipinski definition) is 0. The van der Waals surface area contributed by atoms with Crippen LogP contribution in [0.2, 0.25) is 0 Å². The first-order valence-electron chi connectivity index (χ1n) is 10.2. The Morgan fingerprint density at radius 3 is 2.71 bits per heavy atom. The highest BCUT2D eigenvalue weighted by molar-refractivity contribution is 14.1. The molecule has 9 heteroatoms. The summed E-state index contributed by atoms with van der Waals surface area (Å²) in [6.45, 7) is 8.82. The Labute approximate surface area is 194 Å². The van der Waals surface area contributed by atoms with E-state index in [0.717, 1.165) is 3.57 Å². The molecule has 1 unspecified atom stereocenters. The average molecular weight is 542 g/mol. The Kier molecular flexibility index (Phi) is 7.25. The molecule has 1 atom stereocenters. The van der Waals surface area contributed by atoms with E-state index in [9.17, 15) is 14.4 Å². The van der Waals surface area contributed by atoms with Gasteiger partial charge in [-0.1, -0.05) is 0 Å². The maximum absolute atomic E-state index is 12.9. The van der Waals surface area contributed by atoms with E-state index in [1.54, 1.807) is 17.9 Å². The van der Waals surface area contributed by atoms with E-state index in [2.05, 4.69) is 22.6 Å². The SMILES string of the molecule is CCOC(=O)c1cn(CC2COCCN2C(=O)OC(C)(C)C)c2ccc(I)cc2c1=O. The molecule has 1 amide bonds. The summed E-state index contributed by atoms with van der Waals surface area (Å²) in [5.41, 5.74) is -0.338. The van der Waals surface area contributed by atoms with Crippen molar-refractivity contribution in [2.45, 2.75) is 45.9 Å². The van der Waals surface area contributed by atoms with Crippen LogP contribution in [-0.2, 0) is 20.8 Å². The fourth-order valence-corrected chi connectivity index (χ4v) is 3.96. The lowest BCUT2D eigenvalue weighted by molar-refractivity contribution is -0.0356. The zero-order valence-corrected chi connectivity index (χ0v) is 20.3. The van der Waals surface area contributed by atoms with E-state index >= 15 is 0 Å². The van der Waals surface area contributed by atoms with Crippen LogP contribution >= 0.6 is 22.6 Å². The number of pyridine rings is 1. The number of ether oxygens (including phenoxy) is 3. The zero-order chi connectivity index (χ0) is 22.8. The number of carbonyl (C=O) groups is 2. The number of aromatic nitrogens is 1. The maximum atomic E-state index is 12.9. The first-order chi connectivity index (χ1) is 14.6. The van der Waals surface area contributed by atoms with E-state index in [4.69, 9.17) is 14.2 Å². The average Bonchev–Trinajstić information content (AvgIpc) is 2.69. The number of carbonyl (C=O) groups excluding carboxylic acids is 2. The molecular formula is C22H27IN2O6. The standard InChI is InChI=1S/C22H27IN2O6/c1-5-30-20(27)17-12-24(18-7-6-14(23)10-16(18)19(17)26)11-15-13-29-9-8-25(15)21(28)31-22(2,3)4/h6-7,10,12,15H,5,8-9,11,13H2,1-4H3. The molecule has 2 heterocycles. The highest BCUT2D eigenvalue weighted by Gasteiger charge is 2.32. The van der Waals surface area contributed by atoms with E-state index in [1.165, 1.54) is 6.20 Å². The fraction of sp³-hybridized carbons (Fsp3) is 0.500. The summed E-state index contributed by atoms with van der Waals surface area (Å²) < 4.78 is 19.0. The van der Waals surface area contributed by atoms with Crippen LogP contribution in [0.1, 0.15) is 38.1 Å². The minimum Gasteiger partial charge on any atom is -0.462 e. The summed E-state index contributed by atoms with van der Waals surface area (Å²) in [5, 5.41) is 0.429. The molecule has 1 saturated heterocycles. The van der Waals surface area contributed by atoms with Crippen molar-refractivity contribution in [2.24, 2.45) is 0 Å². The van der Waals surface area contributed by atoms with Crippen molar-refractivity contribution in [1.29, 1.82) is 0 Å². The van der Waals surface area contributed by atoms with Crippen molar-refractivity contribution in [3.05, 3.63) is 43.8 Å². The van der Waals surface area contributed by atoms with Gasteiger partial charge in [0, 0.05) is 28.2 Å². The van der Waals surface area contributed by atoms with Crippen LogP contribution in [-0.4, -0.2) is 59.5 Å². The van der Waals surface area contributed by atoms with Gasteiger partial charge in [0.1, 0.15) is 11.2 Å². The number of hydrogen-bond acceptors (Lipinski definition) is 6. The highest BCUT2D eigenvalue weighted by atomic mass is 127. The van der Waals surface area contributed by atoms with Crippen LogP contribution < -0.4 is 5.43 Å². The molecule has 0 N–H and O–H groups in total. The third-order valence-electron chi connectivity index (χ3n) is 4.80. The number of fused-ring (bicyclic) bond motifs is 1. The molecule has 0 saturated carbocycles. The largest absolute Gasteiger partial charge is 0.462 e. The molecule has 1 aliphatic rings. The van der Waals surface area contributed by atoms with E-state index in [1.807, 2.05) is 37.5 Å². The number of esters is 1. The summed E-state index contributed by atoms with van der Waals surface area (Å²) in [6.07, 6.45) is 1.10. The van der Waals surface area contributed by atoms with Gasteiger partial charge in [0.25, 0.3) is 0 Å². The molecule has 31 heavy (non-hydrogen) atoms. The normalized spacial score (nSPS) is 16.9. The van der Waals surface area contributed by atoms with Gasteiger partial charge in [-0.2, -0.15) is 0 Å². The molecule has 0 radical (unpaired) electrons. The second kappa shape index (κ2) is 9.56. The van der Waals surface area contributed by atoms with Gasteiger partial charge in [-0.25, -0.2) is 9.59 Å². The minimum atomic E-state index is -0.661. The number of rotatable bonds is 4. The van der Waals surface area contributed by atoms with Gasteiger partial charge in [0.15, 0.2) is 0 Å². The first kappa shape index (κ1) is 23.5. The van der Waals surface area contributed by atoms with E-state index < -0.39 is 17.7 Å². The van der Waals surface area contributed by atoms with Crippen LogP contribution in [0.15, 0.2) is 29.2 Å². The zero-order valence-electron chi connectivity index (χ0n) is 18.1. The summed E-state index contributed by atoms with van der Waals surface area (Å²) in [4.78, 5) is 39.8. The highest BCUT2D eigenvalue weighted by Crippen LogP contribution is 2.20. The molecule has 8 nitrogen and oxygen atoms in total. The number of halogens is 1. The molecule has 1 aromatic carbocycles. The van der Waals surface area contributed by atoms with Crippen LogP contribution in [0.5, 0.6) is 0 Å². The molecule has 1 aromatic heterocycles. The van der Waals surface area contributed by atoms with Gasteiger partial charge in [-0.05, 0) is 68.5 Å². The van der Waals surface area contributed by atoms with Gasteiger partial charge >= 0.3 is 12.1 Å². The lowest BCUT2D eigenvalue weighted by Crippen LogP contribution is -2.52. The Bertz CT molecular complexity index is 1040. The van der Waals surface area contributed by atoms with Crippen molar-refractivity contribution in [1.82, 2.24) is 9.47 Å². The number of morpholine rings is 1. The Hall–Kier alpha value is -2.14. The van der Waals surface area contributed by atoms with Crippen molar-refractivity contribution >= 4 is 45.6 Å². The minimum absolute atomic E-state index is 0.0307. The number of nitrogens with zero attached hydrogens (tertiary/aromatic N) is 2. The van der Waals surface area contributed by atoms with Crippen molar-refractivity contribution in [3.63, 3.8) is 0 Å². The first-order valence-corrected chi connectivity index (χ1v) is 11.3. The molecule has 1 aliphatic heterocycles. The Balaban J connectivity index is 2.02. The van der Waals surface area contributed by atoms with Crippen LogP contribution in [0.3, 0.4) is 0 Å². The van der Waals surface area contributed by atoms with Crippen molar-refractivity contribution in [2.75, 3.05) is 26.4 Å². The van der Waals surface area contributed by atoms with Crippen LogP contribution in [0, 0.1) is 3.57 Å². The Morgan fingerprint density at radius 2 is 2.03 bits per heavy atom. The van der Waals surface area contributed by atoms with Gasteiger partial charge in [-0.15, -0.1) is 0 Å². The molecule has 0 spiro atoms. The van der Waals surface area contributed by atoms with Crippen molar-refractivity contribution in [3.8, 4) is 0 Å². The Morgan fingerprint density at radius 1 is 1.29 bits per heavy atom.